The third-order valence-electron chi connectivity index (χ3n) is 3.33. The van der Waals surface area contributed by atoms with Crippen LogP contribution >= 0.6 is 0 Å². The van der Waals surface area contributed by atoms with Gasteiger partial charge >= 0.3 is 0 Å². The van der Waals surface area contributed by atoms with Crippen molar-refractivity contribution in [2.24, 2.45) is 0 Å². The van der Waals surface area contributed by atoms with Gasteiger partial charge in [0.25, 0.3) is 0 Å². The minimum Gasteiger partial charge on any atom is -0.395 e. The van der Waals surface area contributed by atoms with E-state index in [0.29, 0.717) is 19.5 Å². The molecule has 1 aliphatic rings. The SMILES string of the molecule is CCCn1cc(S(=O)(=O)N2CCCC2CO)c(N)n1. The Hall–Kier alpha value is -1.12. The molecule has 19 heavy (non-hydrogen) atoms. The molecular formula is C11H20N4O3S. The molecular weight excluding hydrogens is 268 g/mol. The Morgan fingerprint density at radius 3 is 2.95 bits per heavy atom. The lowest BCUT2D eigenvalue weighted by Gasteiger charge is -2.21. The van der Waals surface area contributed by atoms with Gasteiger partial charge < -0.3 is 10.8 Å². The first-order valence-electron chi connectivity index (χ1n) is 6.46. The highest BCUT2D eigenvalue weighted by Gasteiger charge is 2.36. The zero-order chi connectivity index (χ0) is 14.0. The van der Waals surface area contributed by atoms with Crippen molar-refractivity contribution in [3.63, 3.8) is 0 Å². The number of aliphatic hydroxyl groups is 1. The Morgan fingerprint density at radius 2 is 2.32 bits per heavy atom. The van der Waals surface area contributed by atoms with E-state index < -0.39 is 10.0 Å². The second-order valence-corrected chi connectivity index (χ2v) is 6.60. The van der Waals surface area contributed by atoms with Crippen molar-refractivity contribution >= 4 is 15.8 Å². The van der Waals surface area contributed by atoms with Crippen molar-refractivity contribution in [1.29, 1.82) is 0 Å². The summed E-state index contributed by atoms with van der Waals surface area (Å²) in [6.45, 7) is 2.87. The fourth-order valence-corrected chi connectivity index (χ4v) is 4.14. The number of aryl methyl sites for hydroxylation is 1. The lowest BCUT2D eigenvalue weighted by molar-refractivity contribution is 0.213. The lowest BCUT2D eigenvalue weighted by Crippen LogP contribution is -2.37. The minimum absolute atomic E-state index is 0.0250. The quantitative estimate of drug-likeness (QED) is 0.795. The van der Waals surface area contributed by atoms with Crippen LogP contribution in [0.25, 0.3) is 0 Å². The summed E-state index contributed by atoms with van der Waals surface area (Å²) in [6.07, 6.45) is 3.76. The Balaban J connectivity index is 2.33. The third-order valence-corrected chi connectivity index (χ3v) is 5.30. The van der Waals surface area contributed by atoms with Crippen LogP contribution in [0.5, 0.6) is 0 Å². The monoisotopic (exact) mass is 288 g/mol. The summed E-state index contributed by atoms with van der Waals surface area (Å²) in [6, 6.07) is -0.348. The van der Waals surface area contributed by atoms with Gasteiger partial charge in [-0.1, -0.05) is 6.92 Å². The fraction of sp³-hybridized carbons (Fsp3) is 0.727. The molecule has 2 heterocycles. The molecule has 1 aliphatic heterocycles. The van der Waals surface area contributed by atoms with E-state index in [0.717, 1.165) is 12.8 Å². The van der Waals surface area contributed by atoms with Gasteiger partial charge in [-0.2, -0.15) is 9.40 Å². The van der Waals surface area contributed by atoms with E-state index >= 15 is 0 Å². The van der Waals surface area contributed by atoms with E-state index in [1.807, 2.05) is 6.92 Å². The molecule has 1 atom stereocenters. The van der Waals surface area contributed by atoms with Crippen LogP contribution in [0, 0.1) is 0 Å². The number of nitrogens with two attached hydrogens (primary N) is 1. The van der Waals surface area contributed by atoms with E-state index in [1.54, 1.807) is 4.68 Å². The number of aromatic nitrogens is 2. The van der Waals surface area contributed by atoms with E-state index in [1.165, 1.54) is 10.5 Å². The zero-order valence-corrected chi connectivity index (χ0v) is 11.8. The smallest absolute Gasteiger partial charge is 0.248 e. The van der Waals surface area contributed by atoms with Gasteiger partial charge in [-0.15, -0.1) is 0 Å². The van der Waals surface area contributed by atoms with Gasteiger partial charge in [0.05, 0.1) is 6.61 Å². The van der Waals surface area contributed by atoms with Crippen LogP contribution in [-0.2, 0) is 16.6 Å². The molecule has 8 heteroatoms. The molecule has 0 aromatic carbocycles. The molecule has 0 amide bonds. The number of rotatable bonds is 5. The van der Waals surface area contributed by atoms with Crippen LogP contribution in [0.4, 0.5) is 5.82 Å². The summed E-state index contributed by atoms with van der Waals surface area (Å²) < 4.78 is 27.9. The molecule has 1 fully saturated rings. The molecule has 0 spiro atoms. The zero-order valence-electron chi connectivity index (χ0n) is 11.0. The highest BCUT2D eigenvalue weighted by molar-refractivity contribution is 7.89. The number of sulfonamides is 1. The van der Waals surface area contributed by atoms with Crippen molar-refractivity contribution in [2.45, 2.75) is 43.7 Å². The molecule has 1 unspecified atom stereocenters. The van der Waals surface area contributed by atoms with Crippen molar-refractivity contribution in [3.8, 4) is 0 Å². The minimum atomic E-state index is -3.66. The van der Waals surface area contributed by atoms with Gasteiger partial charge in [-0.3, -0.25) is 4.68 Å². The standard InChI is InChI=1S/C11H20N4O3S/c1-2-5-14-7-10(11(12)13-14)19(17,18)15-6-3-4-9(15)8-16/h7,9,16H,2-6,8H2,1H3,(H2,12,13). The molecule has 2 rings (SSSR count). The second kappa shape index (κ2) is 5.48. The van der Waals surface area contributed by atoms with Gasteiger partial charge in [0, 0.05) is 25.3 Å². The number of hydrogen-bond donors (Lipinski definition) is 2. The molecule has 1 aromatic heterocycles. The van der Waals surface area contributed by atoms with Gasteiger partial charge in [0.2, 0.25) is 10.0 Å². The maximum absolute atomic E-state index is 12.5. The average Bonchev–Trinajstić information content (AvgIpc) is 2.96. The van der Waals surface area contributed by atoms with Crippen LogP contribution in [0.2, 0.25) is 0 Å². The number of nitrogen functional groups attached to an aromatic ring is 1. The van der Waals surface area contributed by atoms with E-state index in [9.17, 15) is 13.5 Å². The second-order valence-electron chi connectivity index (χ2n) is 4.74. The molecule has 1 saturated heterocycles. The Bertz CT molecular complexity index is 540. The van der Waals surface area contributed by atoms with Crippen LogP contribution < -0.4 is 5.73 Å². The topological polar surface area (TPSA) is 101 Å². The first-order chi connectivity index (χ1) is 9.00. The summed E-state index contributed by atoms with van der Waals surface area (Å²) in [5, 5.41) is 13.3. The van der Waals surface area contributed by atoms with Crippen LogP contribution in [-0.4, -0.2) is 46.8 Å². The Kier molecular flexibility index (Phi) is 4.12. The summed E-state index contributed by atoms with van der Waals surface area (Å²) in [5.74, 6) is 0.0250. The largest absolute Gasteiger partial charge is 0.395 e. The highest BCUT2D eigenvalue weighted by atomic mass is 32.2. The summed E-state index contributed by atoms with van der Waals surface area (Å²) in [7, 11) is -3.66. The predicted molar refractivity (Wildman–Crippen MR) is 70.9 cm³/mol. The normalized spacial score (nSPS) is 21.1. The van der Waals surface area contributed by atoms with Crippen molar-refractivity contribution in [2.75, 3.05) is 18.9 Å². The van der Waals surface area contributed by atoms with Gasteiger partial charge in [-0.25, -0.2) is 8.42 Å². The fourth-order valence-electron chi connectivity index (χ4n) is 2.39. The molecule has 108 valence electrons. The van der Waals surface area contributed by atoms with Crippen LogP contribution in [0.1, 0.15) is 26.2 Å². The van der Waals surface area contributed by atoms with Gasteiger partial charge in [-0.05, 0) is 19.3 Å². The van der Waals surface area contributed by atoms with Gasteiger partial charge in [0.15, 0.2) is 5.82 Å². The third kappa shape index (κ3) is 2.60. The predicted octanol–water partition coefficient (Wildman–Crippen LogP) is 0.0207. The van der Waals surface area contributed by atoms with E-state index in [2.05, 4.69) is 5.10 Å². The Labute approximate surface area is 113 Å². The number of nitrogens with zero attached hydrogens (tertiary/aromatic N) is 3. The molecule has 0 saturated carbocycles. The van der Waals surface area contributed by atoms with E-state index in [-0.39, 0.29) is 23.4 Å². The molecule has 1 aromatic rings. The highest BCUT2D eigenvalue weighted by Crippen LogP contribution is 2.28. The summed E-state index contributed by atoms with van der Waals surface area (Å²) >= 11 is 0. The Morgan fingerprint density at radius 1 is 1.58 bits per heavy atom. The van der Waals surface area contributed by atoms with Crippen molar-refractivity contribution in [1.82, 2.24) is 14.1 Å². The summed E-state index contributed by atoms with van der Waals surface area (Å²) in [4.78, 5) is 0.0429. The van der Waals surface area contributed by atoms with Crippen LogP contribution in [0.3, 0.4) is 0 Å². The number of anilines is 1. The lowest BCUT2D eigenvalue weighted by atomic mass is 10.2. The van der Waals surface area contributed by atoms with Gasteiger partial charge in [0.1, 0.15) is 4.90 Å². The van der Waals surface area contributed by atoms with Crippen LogP contribution in [0.15, 0.2) is 11.1 Å². The number of hydrogen-bond acceptors (Lipinski definition) is 5. The molecule has 7 nitrogen and oxygen atoms in total. The first-order valence-corrected chi connectivity index (χ1v) is 7.90. The number of aliphatic hydroxyl groups excluding tert-OH is 1. The first kappa shape index (κ1) is 14.3. The van der Waals surface area contributed by atoms with Crippen molar-refractivity contribution < 1.29 is 13.5 Å². The maximum Gasteiger partial charge on any atom is 0.248 e. The molecule has 0 radical (unpaired) electrons. The summed E-state index contributed by atoms with van der Waals surface area (Å²) in [5.41, 5.74) is 5.71. The molecule has 0 aliphatic carbocycles. The maximum atomic E-state index is 12.5. The van der Waals surface area contributed by atoms with E-state index in [4.69, 9.17) is 5.73 Å². The van der Waals surface area contributed by atoms with Crippen molar-refractivity contribution in [3.05, 3.63) is 6.20 Å². The molecule has 3 N–H and O–H groups in total. The molecule has 0 bridgehead atoms. The average molecular weight is 288 g/mol.